The molecular weight excluding hydrogens is 208 g/mol. The molecule has 1 aromatic rings. The molecule has 0 radical (unpaired) electrons. The molecule has 0 saturated carbocycles. The molecule has 2 heterocycles. The zero-order valence-corrected chi connectivity index (χ0v) is 9.37. The highest BCUT2D eigenvalue weighted by atomic mass is 32.2. The van der Waals surface area contributed by atoms with E-state index in [0.29, 0.717) is 10.9 Å². The Balaban J connectivity index is 2.12. The molecule has 1 aliphatic rings. The van der Waals surface area contributed by atoms with Crippen molar-refractivity contribution in [2.45, 2.75) is 12.2 Å². The minimum Gasteiger partial charge on any atom is -0.353 e. The van der Waals surface area contributed by atoms with Gasteiger partial charge >= 0.3 is 0 Å². The standard InChI is InChI=1S/C10H12N4S/c1-8-7-14(2-3-15-8)10-6-12-9(4-11)5-13-10/h5-6,8H,2-3,7H2,1H3. The molecule has 0 bridgehead atoms. The van der Waals surface area contributed by atoms with Crippen molar-refractivity contribution in [3.63, 3.8) is 0 Å². The van der Waals surface area contributed by atoms with Gasteiger partial charge in [-0.05, 0) is 0 Å². The van der Waals surface area contributed by atoms with Gasteiger partial charge < -0.3 is 4.90 Å². The molecule has 0 aromatic carbocycles. The van der Waals surface area contributed by atoms with Crippen LogP contribution in [0.1, 0.15) is 12.6 Å². The predicted octanol–water partition coefficient (Wildman–Crippen LogP) is 1.29. The van der Waals surface area contributed by atoms with Gasteiger partial charge in [-0.1, -0.05) is 6.92 Å². The first-order valence-electron chi connectivity index (χ1n) is 4.88. The van der Waals surface area contributed by atoms with Gasteiger partial charge in [0.1, 0.15) is 11.9 Å². The largest absolute Gasteiger partial charge is 0.353 e. The van der Waals surface area contributed by atoms with Crippen LogP contribution in [0.5, 0.6) is 0 Å². The van der Waals surface area contributed by atoms with E-state index in [1.165, 1.54) is 6.20 Å². The Kier molecular flexibility index (Phi) is 3.07. The molecule has 4 nitrogen and oxygen atoms in total. The Hall–Kier alpha value is -1.28. The van der Waals surface area contributed by atoms with E-state index in [4.69, 9.17) is 5.26 Å². The normalized spacial score (nSPS) is 21.1. The van der Waals surface area contributed by atoms with E-state index in [2.05, 4.69) is 21.8 Å². The molecule has 0 spiro atoms. The van der Waals surface area contributed by atoms with Gasteiger partial charge in [-0.3, -0.25) is 0 Å². The van der Waals surface area contributed by atoms with Crippen LogP contribution in [0.25, 0.3) is 0 Å². The lowest BCUT2D eigenvalue weighted by Crippen LogP contribution is -2.37. The summed E-state index contributed by atoms with van der Waals surface area (Å²) in [7, 11) is 0. The van der Waals surface area contributed by atoms with Gasteiger partial charge in [-0.25, -0.2) is 9.97 Å². The van der Waals surface area contributed by atoms with Gasteiger partial charge in [0.2, 0.25) is 0 Å². The SMILES string of the molecule is CC1CN(c2cnc(C#N)cn2)CCS1. The summed E-state index contributed by atoms with van der Waals surface area (Å²) in [5, 5.41) is 9.25. The third-order valence-corrected chi connectivity index (χ3v) is 3.45. The summed E-state index contributed by atoms with van der Waals surface area (Å²) >= 11 is 1.98. The first-order valence-corrected chi connectivity index (χ1v) is 5.93. The summed E-state index contributed by atoms with van der Waals surface area (Å²) in [6.45, 7) is 4.23. The average Bonchev–Trinajstić information content (AvgIpc) is 2.29. The number of nitrogens with zero attached hydrogens (tertiary/aromatic N) is 4. The second-order valence-corrected chi connectivity index (χ2v) is 5.05. The number of anilines is 1. The summed E-state index contributed by atoms with van der Waals surface area (Å²) in [5.41, 5.74) is 0.373. The lowest BCUT2D eigenvalue weighted by Gasteiger charge is -2.31. The number of nitriles is 1. The number of aromatic nitrogens is 2. The highest BCUT2D eigenvalue weighted by Gasteiger charge is 2.17. The van der Waals surface area contributed by atoms with Gasteiger partial charge in [0.05, 0.1) is 12.4 Å². The third-order valence-electron chi connectivity index (χ3n) is 2.32. The van der Waals surface area contributed by atoms with Crippen LogP contribution >= 0.6 is 11.8 Å². The first-order chi connectivity index (χ1) is 7.29. The molecular formula is C10H12N4S. The highest BCUT2D eigenvalue weighted by Crippen LogP contribution is 2.21. The van der Waals surface area contributed by atoms with Gasteiger partial charge in [0.15, 0.2) is 5.69 Å². The Labute approximate surface area is 93.3 Å². The topological polar surface area (TPSA) is 52.8 Å². The molecule has 1 saturated heterocycles. The van der Waals surface area contributed by atoms with Crippen LogP contribution in [0.15, 0.2) is 12.4 Å². The Morgan fingerprint density at radius 3 is 3.00 bits per heavy atom. The lowest BCUT2D eigenvalue weighted by atomic mass is 10.4. The van der Waals surface area contributed by atoms with Crippen molar-refractivity contribution in [2.75, 3.05) is 23.7 Å². The summed E-state index contributed by atoms with van der Waals surface area (Å²) in [6, 6.07) is 1.97. The van der Waals surface area contributed by atoms with Gasteiger partial charge in [-0.15, -0.1) is 0 Å². The van der Waals surface area contributed by atoms with E-state index in [1.807, 2.05) is 17.8 Å². The summed E-state index contributed by atoms with van der Waals surface area (Å²) in [5.74, 6) is 2.00. The monoisotopic (exact) mass is 220 g/mol. The minimum absolute atomic E-state index is 0.373. The molecule has 2 rings (SSSR count). The molecule has 1 aliphatic heterocycles. The summed E-state index contributed by atoms with van der Waals surface area (Å²) in [4.78, 5) is 10.5. The zero-order chi connectivity index (χ0) is 10.7. The van der Waals surface area contributed by atoms with Crippen LogP contribution in [0.2, 0.25) is 0 Å². The van der Waals surface area contributed by atoms with Crippen molar-refractivity contribution in [3.8, 4) is 6.07 Å². The summed E-state index contributed by atoms with van der Waals surface area (Å²) in [6.07, 6.45) is 3.21. The zero-order valence-electron chi connectivity index (χ0n) is 8.55. The molecule has 15 heavy (non-hydrogen) atoms. The van der Waals surface area contributed by atoms with Crippen LogP contribution in [0.4, 0.5) is 5.82 Å². The minimum atomic E-state index is 0.373. The molecule has 0 aliphatic carbocycles. The van der Waals surface area contributed by atoms with E-state index in [-0.39, 0.29) is 0 Å². The van der Waals surface area contributed by atoms with E-state index in [9.17, 15) is 0 Å². The van der Waals surface area contributed by atoms with Crippen LogP contribution in [-0.2, 0) is 0 Å². The Morgan fingerprint density at radius 1 is 1.53 bits per heavy atom. The van der Waals surface area contributed by atoms with E-state index in [1.54, 1.807) is 6.20 Å². The van der Waals surface area contributed by atoms with Crippen LogP contribution in [-0.4, -0.2) is 34.1 Å². The maximum absolute atomic E-state index is 8.61. The molecule has 78 valence electrons. The molecule has 1 fully saturated rings. The fourth-order valence-corrected chi connectivity index (χ4v) is 2.58. The molecule has 1 atom stereocenters. The lowest BCUT2D eigenvalue weighted by molar-refractivity contribution is 0.767. The third kappa shape index (κ3) is 2.39. The van der Waals surface area contributed by atoms with Gasteiger partial charge in [0.25, 0.3) is 0 Å². The molecule has 1 unspecified atom stereocenters. The van der Waals surface area contributed by atoms with E-state index in [0.717, 1.165) is 24.7 Å². The molecule has 1 aromatic heterocycles. The van der Waals surface area contributed by atoms with Crippen molar-refractivity contribution in [3.05, 3.63) is 18.1 Å². The van der Waals surface area contributed by atoms with E-state index < -0.39 is 0 Å². The maximum atomic E-state index is 8.61. The van der Waals surface area contributed by atoms with Crippen molar-refractivity contribution < 1.29 is 0 Å². The Bertz CT molecular complexity index is 370. The van der Waals surface area contributed by atoms with Gasteiger partial charge in [-0.2, -0.15) is 17.0 Å². The Morgan fingerprint density at radius 2 is 2.40 bits per heavy atom. The maximum Gasteiger partial charge on any atom is 0.158 e. The predicted molar refractivity (Wildman–Crippen MR) is 60.9 cm³/mol. The fourth-order valence-electron chi connectivity index (χ4n) is 1.57. The smallest absolute Gasteiger partial charge is 0.158 e. The van der Waals surface area contributed by atoms with E-state index >= 15 is 0 Å². The second-order valence-electron chi connectivity index (χ2n) is 3.50. The van der Waals surface area contributed by atoms with Crippen LogP contribution < -0.4 is 4.90 Å². The second kappa shape index (κ2) is 4.49. The highest BCUT2D eigenvalue weighted by molar-refractivity contribution is 8.00. The molecule has 0 amide bonds. The molecule has 0 N–H and O–H groups in total. The number of hydrogen-bond acceptors (Lipinski definition) is 5. The average molecular weight is 220 g/mol. The number of rotatable bonds is 1. The quantitative estimate of drug-likeness (QED) is 0.714. The van der Waals surface area contributed by atoms with Crippen LogP contribution in [0, 0.1) is 11.3 Å². The molecule has 5 heteroatoms. The van der Waals surface area contributed by atoms with Crippen molar-refractivity contribution in [2.24, 2.45) is 0 Å². The fraction of sp³-hybridized carbons (Fsp3) is 0.500. The van der Waals surface area contributed by atoms with Crippen molar-refractivity contribution in [1.82, 2.24) is 9.97 Å². The summed E-state index contributed by atoms with van der Waals surface area (Å²) < 4.78 is 0. The number of thioether (sulfide) groups is 1. The van der Waals surface area contributed by atoms with Crippen molar-refractivity contribution >= 4 is 17.6 Å². The van der Waals surface area contributed by atoms with Crippen LogP contribution in [0.3, 0.4) is 0 Å². The van der Waals surface area contributed by atoms with Gasteiger partial charge in [0, 0.05) is 24.1 Å². The number of hydrogen-bond donors (Lipinski definition) is 0. The van der Waals surface area contributed by atoms with Crippen molar-refractivity contribution in [1.29, 1.82) is 5.26 Å². The first kappa shape index (κ1) is 10.2.